The molecule has 1 rings (SSSR count). The first-order valence-electron chi connectivity index (χ1n) is 4.94. The lowest BCUT2D eigenvalue weighted by Gasteiger charge is -2.19. The summed E-state index contributed by atoms with van der Waals surface area (Å²) in [7, 11) is 0. The average Bonchev–Trinajstić information content (AvgIpc) is 2.17. The number of pyridine rings is 1. The van der Waals surface area contributed by atoms with Gasteiger partial charge in [0.2, 0.25) is 0 Å². The largest absolute Gasteiger partial charge is 0.292 e. The van der Waals surface area contributed by atoms with Crippen molar-refractivity contribution in [3.05, 3.63) is 29.6 Å². The first-order chi connectivity index (χ1) is 6.95. The van der Waals surface area contributed by atoms with Crippen LogP contribution >= 0.6 is 11.8 Å². The third kappa shape index (κ3) is 3.34. The van der Waals surface area contributed by atoms with E-state index >= 15 is 0 Å². The number of carbonyl (C=O) groups is 1. The standard InChI is InChI=1S/C12H17NOS/c1-12(2,3)9-5-6-13-10(7-9)11(14)8-15-4/h5-7H,8H2,1-4H3. The normalized spacial score (nSPS) is 11.5. The molecule has 15 heavy (non-hydrogen) atoms. The lowest BCUT2D eigenvalue weighted by atomic mass is 9.87. The molecule has 0 N–H and O–H groups in total. The highest BCUT2D eigenvalue weighted by Gasteiger charge is 2.16. The van der Waals surface area contributed by atoms with Crippen molar-refractivity contribution in [3.63, 3.8) is 0 Å². The zero-order chi connectivity index (χ0) is 11.5. The summed E-state index contributed by atoms with van der Waals surface area (Å²) in [5.74, 6) is 0.606. The Morgan fingerprint density at radius 3 is 2.67 bits per heavy atom. The van der Waals surface area contributed by atoms with Gasteiger partial charge in [-0.3, -0.25) is 9.78 Å². The van der Waals surface area contributed by atoms with Gasteiger partial charge in [-0.1, -0.05) is 20.8 Å². The van der Waals surface area contributed by atoms with Gasteiger partial charge in [0.15, 0.2) is 5.78 Å². The van der Waals surface area contributed by atoms with Gasteiger partial charge in [-0.2, -0.15) is 11.8 Å². The highest BCUT2D eigenvalue weighted by molar-refractivity contribution is 7.99. The van der Waals surface area contributed by atoms with E-state index in [0.29, 0.717) is 11.4 Å². The Balaban J connectivity index is 2.98. The third-order valence-electron chi connectivity index (χ3n) is 2.19. The maximum absolute atomic E-state index is 11.6. The molecule has 1 aromatic rings. The maximum atomic E-state index is 11.6. The molecule has 0 saturated carbocycles. The smallest absolute Gasteiger partial charge is 0.190 e. The van der Waals surface area contributed by atoms with Crippen molar-refractivity contribution >= 4 is 17.5 Å². The van der Waals surface area contributed by atoms with E-state index < -0.39 is 0 Å². The SMILES string of the molecule is CSCC(=O)c1cc(C(C)(C)C)ccn1. The van der Waals surface area contributed by atoms with Gasteiger partial charge in [0.05, 0.1) is 5.75 Å². The second kappa shape index (κ2) is 4.79. The van der Waals surface area contributed by atoms with Crippen molar-refractivity contribution in [2.45, 2.75) is 26.2 Å². The van der Waals surface area contributed by atoms with E-state index in [1.807, 2.05) is 18.4 Å². The molecule has 2 nitrogen and oxygen atoms in total. The van der Waals surface area contributed by atoms with Crippen molar-refractivity contribution in [2.24, 2.45) is 0 Å². The molecule has 0 bridgehead atoms. The second-order valence-corrected chi connectivity index (χ2v) is 5.40. The summed E-state index contributed by atoms with van der Waals surface area (Å²) in [6.07, 6.45) is 3.64. The fourth-order valence-electron chi connectivity index (χ4n) is 1.25. The summed E-state index contributed by atoms with van der Waals surface area (Å²) in [6, 6.07) is 3.87. The van der Waals surface area contributed by atoms with Crippen molar-refractivity contribution in [2.75, 3.05) is 12.0 Å². The molecule has 0 amide bonds. The van der Waals surface area contributed by atoms with Crippen molar-refractivity contribution in [1.29, 1.82) is 0 Å². The first-order valence-corrected chi connectivity index (χ1v) is 6.33. The molecule has 1 aromatic heterocycles. The minimum Gasteiger partial charge on any atom is -0.292 e. The van der Waals surface area contributed by atoms with E-state index in [-0.39, 0.29) is 11.2 Å². The molecule has 1 heterocycles. The summed E-state index contributed by atoms with van der Waals surface area (Å²) in [5, 5.41) is 0. The molecule has 0 aliphatic carbocycles. The Kier molecular flexibility index (Phi) is 3.91. The monoisotopic (exact) mass is 223 g/mol. The van der Waals surface area contributed by atoms with Crippen LogP contribution in [0.25, 0.3) is 0 Å². The minimum atomic E-state index is 0.0668. The summed E-state index contributed by atoms with van der Waals surface area (Å²) >= 11 is 1.53. The van der Waals surface area contributed by atoms with Crippen LogP contribution < -0.4 is 0 Å². The predicted molar refractivity (Wildman–Crippen MR) is 65.6 cm³/mol. The van der Waals surface area contributed by atoms with Crippen LogP contribution in [0.3, 0.4) is 0 Å². The number of ketones is 1. The molecule has 0 saturated heterocycles. The Morgan fingerprint density at radius 1 is 1.47 bits per heavy atom. The number of rotatable bonds is 3. The van der Waals surface area contributed by atoms with Crippen LogP contribution in [0, 0.1) is 0 Å². The van der Waals surface area contributed by atoms with Crippen LogP contribution in [0.1, 0.15) is 36.8 Å². The summed E-state index contributed by atoms with van der Waals surface area (Å²) in [6.45, 7) is 6.39. The maximum Gasteiger partial charge on any atom is 0.190 e. The molecule has 0 aliphatic heterocycles. The summed E-state index contributed by atoms with van der Waals surface area (Å²) in [5.41, 5.74) is 1.80. The number of hydrogen-bond donors (Lipinski definition) is 0. The van der Waals surface area contributed by atoms with Crippen molar-refractivity contribution in [3.8, 4) is 0 Å². The molecule has 3 heteroatoms. The fraction of sp³-hybridized carbons (Fsp3) is 0.500. The Hall–Kier alpha value is -0.830. The number of carbonyl (C=O) groups excluding carboxylic acids is 1. The van der Waals surface area contributed by atoms with E-state index in [0.717, 1.165) is 5.56 Å². The number of Topliss-reactive ketones (excluding diaryl/α,β-unsaturated/α-hetero) is 1. The van der Waals surface area contributed by atoms with Crippen molar-refractivity contribution in [1.82, 2.24) is 4.98 Å². The van der Waals surface area contributed by atoms with Crippen LogP contribution in [-0.4, -0.2) is 22.8 Å². The average molecular weight is 223 g/mol. The van der Waals surface area contributed by atoms with E-state index in [4.69, 9.17) is 0 Å². The quantitative estimate of drug-likeness (QED) is 0.738. The lowest BCUT2D eigenvalue weighted by Crippen LogP contribution is -2.13. The molecule has 0 spiro atoms. The summed E-state index contributed by atoms with van der Waals surface area (Å²) in [4.78, 5) is 15.7. The first kappa shape index (κ1) is 12.2. The third-order valence-corrected chi connectivity index (χ3v) is 2.74. The van der Waals surface area contributed by atoms with Crippen LogP contribution in [0.5, 0.6) is 0 Å². The molecular formula is C12H17NOS. The summed E-state index contributed by atoms with van der Waals surface area (Å²) < 4.78 is 0. The van der Waals surface area contributed by atoms with Crippen LogP contribution in [0.2, 0.25) is 0 Å². The fourth-order valence-corrected chi connectivity index (χ4v) is 1.66. The zero-order valence-electron chi connectivity index (χ0n) is 9.70. The highest BCUT2D eigenvalue weighted by Crippen LogP contribution is 2.22. The topological polar surface area (TPSA) is 30.0 Å². The van der Waals surface area contributed by atoms with Gasteiger partial charge in [0.1, 0.15) is 5.69 Å². The predicted octanol–water partition coefficient (Wildman–Crippen LogP) is 2.92. The van der Waals surface area contributed by atoms with Gasteiger partial charge in [-0.15, -0.1) is 0 Å². The van der Waals surface area contributed by atoms with Crippen LogP contribution in [0.15, 0.2) is 18.3 Å². The van der Waals surface area contributed by atoms with Gasteiger partial charge in [-0.05, 0) is 29.4 Å². The van der Waals surface area contributed by atoms with Gasteiger partial charge in [0.25, 0.3) is 0 Å². The second-order valence-electron chi connectivity index (χ2n) is 4.54. The molecule has 0 aliphatic rings. The molecule has 82 valence electrons. The van der Waals surface area contributed by atoms with Crippen LogP contribution in [-0.2, 0) is 5.41 Å². The Morgan fingerprint density at radius 2 is 2.13 bits per heavy atom. The molecule has 0 atom stereocenters. The zero-order valence-corrected chi connectivity index (χ0v) is 10.5. The Labute approximate surface area is 95.5 Å². The van der Waals surface area contributed by atoms with E-state index in [2.05, 4.69) is 25.8 Å². The number of hydrogen-bond acceptors (Lipinski definition) is 3. The Bertz CT molecular complexity index is 355. The van der Waals surface area contributed by atoms with Crippen LogP contribution in [0.4, 0.5) is 0 Å². The van der Waals surface area contributed by atoms with E-state index in [9.17, 15) is 4.79 Å². The molecule has 0 fully saturated rings. The molecule has 0 unspecified atom stereocenters. The van der Waals surface area contributed by atoms with E-state index in [1.54, 1.807) is 6.20 Å². The molecule has 0 aromatic carbocycles. The lowest BCUT2D eigenvalue weighted by molar-refractivity contribution is 0.101. The van der Waals surface area contributed by atoms with Gasteiger partial charge >= 0.3 is 0 Å². The highest BCUT2D eigenvalue weighted by atomic mass is 32.2. The molecular weight excluding hydrogens is 206 g/mol. The van der Waals surface area contributed by atoms with Gasteiger partial charge in [-0.25, -0.2) is 0 Å². The number of nitrogens with zero attached hydrogens (tertiary/aromatic N) is 1. The molecule has 0 radical (unpaired) electrons. The van der Waals surface area contributed by atoms with Gasteiger partial charge in [0, 0.05) is 6.20 Å². The van der Waals surface area contributed by atoms with Gasteiger partial charge < -0.3 is 0 Å². The van der Waals surface area contributed by atoms with E-state index in [1.165, 1.54) is 11.8 Å². The minimum absolute atomic E-state index is 0.0668. The van der Waals surface area contributed by atoms with Crippen molar-refractivity contribution < 1.29 is 4.79 Å². The number of thioether (sulfide) groups is 1. The number of aromatic nitrogens is 1.